The molecule has 0 atom stereocenters. The Bertz CT molecular complexity index is 1100. The molecule has 1 aliphatic carbocycles. The number of hydrogen-bond donors (Lipinski definition) is 0. The van der Waals surface area contributed by atoms with Crippen LogP contribution in [0.3, 0.4) is 0 Å². The van der Waals surface area contributed by atoms with Crippen molar-refractivity contribution >= 4 is 34.0 Å². The zero-order valence-electron chi connectivity index (χ0n) is 15.8. The van der Waals surface area contributed by atoms with Crippen molar-refractivity contribution in [1.82, 2.24) is 0 Å². The first-order valence-electron chi connectivity index (χ1n) is 10.0. The molecule has 1 heterocycles. The van der Waals surface area contributed by atoms with Crippen LogP contribution in [0.1, 0.15) is 37.4 Å². The van der Waals surface area contributed by atoms with E-state index in [-0.39, 0.29) is 0 Å². The molecular formula is C25H23O2P. The van der Waals surface area contributed by atoms with Crippen LogP contribution in [0.5, 0.6) is 0 Å². The van der Waals surface area contributed by atoms with Gasteiger partial charge in [0.1, 0.15) is 11.3 Å². The highest BCUT2D eigenvalue weighted by Crippen LogP contribution is 2.49. The second kappa shape index (κ2) is 7.11. The molecule has 0 radical (unpaired) electrons. The lowest BCUT2D eigenvalue weighted by molar-refractivity contribution is 0.497. The van der Waals surface area contributed by atoms with E-state index in [2.05, 4.69) is 6.07 Å². The normalized spacial score (nSPS) is 15.3. The summed E-state index contributed by atoms with van der Waals surface area (Å²) in [5.41, 5.74) is 0.839. The molecule has 0 N–H and O–H groups in total. The highest BCUT2D eigenvalue weighted by molar-refractivity contribution is 7.85. The second-order valence-corrected chi connectivity index (χ2v) is 10.3. The number of para-hydroxylation sites is 1. The van der Waals surface area contributed by atoms with Crippen molar-refractivity contribution in [2.45, 2.75) is 31.6 Å². The van der Waals surface area contributed by atoms with Gasteiger partial charge in [-0.25, -0.2) is 0 Å². The number of furan rings is 1. The zero-order valence-corrected chi connectivity index (χ0v) is 16.6. The fourth-order valence-electron chi connectivity index (χ4n) is 4.52. The largest absolute Gasteiger partial charge is 0.460 e. The van der Waals surface area contributed by atoms with Crippen molar-refractivity contribution < 1.29 is 8.98 Å². The van der Waals surface area contributed by atoms with Gasteiger partial charge in [0.25, 0.3) is 0 Å². The number of fused-ring (bicyclic) bond motifs is 1. The van der Waals surface area contributed by atoms with Crippen molar-refractivity contribution in [2.75, 3.05) is 0 Å². The smallest absolute Gasteiger partial charge is 0.175 e. The van der Waals surface area contributed by atoms with Gasteiger partial charge in [0.15, 0.2) is 7.14 Å². The predicted molar refractivity (Wildman–Crippen MR) is 117 cm³/mol. The molecule has 5 rings (SSSR count). The second-order valence-electron chi connectivity index (χ2n) is 7.57. The van der Waals surface area contributed by atoms with Crippen LogP contribution in [0, 0.1) is 0 Å². The molecule has 0 amide bonds. The summed E-state index contributed by atoms with van der Waals surface area (Å²) in [7, 11) is -3.06. The lowest BCUT2D eigenvalue weighted by Crippen LogP contribution is -2.27. The van der Waals surface area contributed by atoms with Gasteiger partial charge in [-0.1, -0.05) is 91.7 Å². The lowest BCUT2D eigenvalue weighted by atomic mass is 10.1. The summed E-state index contributed by atoms with van der Waals surface area (Å²) in [4.78, 5) is 0. The highest BCUT2D eigenvalue weighted by Gasteiger charge is 2.38. The van der Waals surface area contributed by atoms with E-state index in [1.165, 1.54) is 12.8 Å². The fourth-order valence-corrected chi connectivity index (χ4v) is 7.58. The summed E-state index contributed by atoms with van der Waals surface area (Å²) in [6, 6.07) is 27.9. The van der Waals surface area contributed by atoms with E-state index in [0.717, 1.165) is 45.5 Å². The molecule has 1 aliphatic rings. The van der Waals surface area contributed by atoms with Gasteiger partial charge in [0.05, 0.1) is 5.30 Å². The zero-order chi connectivity index (χ0) is 19.0. The molecule has 28 heavy (non-hydrogen) atoms. The summed E-state index contributed by atoms with van der Waals surface area (Å²) in [5.74, 6) is 1.29. The Morgan fingerprint density at radius 2 is 1.25 bits per heavy atom. The number of benzene rings is 3. The van der Waals surface area contributed by atoms with Crippen molar-refractivity contribution in [3.05, 3.63) is 90.7 Å². The van der Waals surface area contributed by atoms with Gasteiger partial charge >= 0.3 is 0 Å². The molecule has 140 valence electrons. The number of hydrogen-bond acceptors (Lipinski definition) is 2. The van der Waals surface area contributed by atoms with Crippen LogP contribution < -0.4 is 15.9 Å². The third-order valence-electron chi connectivity index (χ3n) is 5.88. The Balaban J connectivity index is 1.87. The average molecular weight is 386 g/mol. The van der Waals surface area contributed by atoms with Gasteiger partial charge in [0.2, 0.25) is 0 Å². The first-order valence-corrected chi connectivity index (χ1v) is 11.7. The summed E-state index contributed by atoms with van der Waals surface area (Å²) < 4.78 is 21.4. The Kier molecular flexibility index (Phi) is 4.45. The monoisotopic (exact) mass is 386 g/mol. The molecule has 0 spiro atoms. The van der Waals surface area contributed by atoms with Gasteiger partial charge in [-0.15, -0.1) is 0 Å². The molecule has 3 aromatic carbocycles. The molecule has 3 heteroatoms. The maximum Gasteiger partial charge on any atom is 0.175 e. The maximum atomic E-state index is 15.0. The van der Waals surface area contributed by atoms with E-state index in [0.29, 0.717) is 5.92 Å². The van der Waals surface area contributed by atoms with E-state index in [1.54, 1.807) is 0 Å². The minimum Gasteiger partial charge on any atom is -0.460 e. The van der Waals surface area contributed by atoms with Crippen LogP contribution in [-0.4, -0.2) is 0 Å². The maximum absolute atomic E-state index is 15.0. The predicted octanol–water partition coefficient (Wildman–Crippen LogP) is 5.73. The van der Waals surface area contributed by atoms with Crippen molar-refractivity contribution in [1.29, 1.82) is 0 Å². The van der Waals surface area contributed by atoms with Crippen molar-refractivity contribution in [3.8, 4) is 0 Å². The minimum absolute atomic E-state index is 0.350. The van der Waals surface area contributed by atoms with E-state index in [4.69, 9.17) is 4.42 Å². The van der Waals surface area contributed by atoms with Gasteiger partial charge in [-0.05, 0) is 18.9 Å². The van der Waals surface area contributed by atoms with Crippen LogP contribution in [0.25, 0.3) is 11.0 Å². The molecule has 1 aromatic heterocycles. The molecular weight excluding hydrogens is 363 g/mol. The van der Waals surface area contributed by atoms with E-state index < -0.39 is 7.14 Å². The molecule has 1 saturated carbocycles. The van der Waals surface area contributed by atoms with Crippen LogP contribution in [0.15, 0.2) is 89.3 Å². The van der Waals surface area contributed by atoms with Gasteiger partial charge in [-0.2, -0.15) is 0 Å². The quantitative estimate of drug-likeness (QED) is 0.419. The lowest BCUT2D eigenvalue weighted by Gasteiger charge is -2.21. The highest BCUT2D eigenvalue weighted by atomic mass is 31.2. The van der Waals surface area contributed by atoms with E-state index in [9.17, 15) is 0 Å². The topological polar surface area (TPSA) is 30.2 Å². The van der Waals surface area contributed by atoms with Crippen LogP contribution >= 0.6 is 7.14 Å². The Hall–Kier alpha value is -2.57. The van der Waals surface area contributed by atoms with Crippen molar-refractivity contribution in [2.24, 2.45) is 0 Å². The van der Waals surface area contributed by atoms with Crippen LogP contribution in [0.4, 0.5) is 0 Å². The fraction of sp³-hybridized carbons (Fsp3) is 0.200. The van der Waals surface area contributed by atoms with Crippen molar-refractivity contribution in [3.63, 3.8) is 0 Å². The van der Waals surface area contributed by atoms with Crippen LogP contribution in [0.2, 0.25) is 0 Å². The van der Waals surface area contributed by atoms with Crippen LogP contribution in [-0.2, 0) is 4.57 Å². The average Bonchev–Trinajstić information content (AvgIpc) is 3.42. The molecule has 4 aromatic rings. The van der Waals surface area contributed by atoms with Gasteiger partial charge in [0, 0.05) is 21.9 Å². The minimum atomic E-state index is -3.06. The summed E-state index contributed by atoms with van der Waals surface area (Å²) in [5, 5.41) is 3.63. The third-order valence-corrected chi connectivity index (χ3v) is 9.02. The molecule has 1 fully saturated rings. The van der Waals surface area contributed by atoms with Gasteiger partial charge in [-0.3, -0.25) is 0 Å². The Labute approximate surface area is 165 Å². The SMILES string of the molecule is O=P(c1ccccc1)(c1ccccc1)c1c(C2CCCC2)oc2ccccc12. The Morgan fingerprint density at radius 1 is 0.714 bits per heavy atom. The molecule has 0 unspecified atom stereocenters. The standard InChI is InChI=1S/C25H23O2P/c26-28(20-13-3-1-4-14-20,21-15-5-2-6-16-21)25-22-17-9-10-18-23(22)27-24(25)19-11-7-8-12-19/h1-6,9-10,13-19H,7-8,11-12H2. The summed E-state index contributed by atoms with van der Waals surface area (Å²) in [6.07, 6.45) is 4.64. The Morgan fingerprint density at radius 3 is 1.86 bits per heavy atom. The number of rotatable bonds is 4. The first kappa shape index (κ1) is 17.5. The third kappa shape index (κ3) is 2.75. The summed E-state index contributed by atoms with van der Waals surface area (Å²) >= 11 is 0. The van der Waals surface area contributed by atoms with E-state index >= 15 is 4.57 Å². The molecule has 0 aliphatic heterocycles. The first-order chi connectivity index (χ1) is 13.8. The summed E-state index contributed by atoms with van der Waals surface area (Å²) in [6.45, 7) is 0. The molecule has 0 bridgehead atoms. The molecule has 0 saturated heterocycles. The van der Waals surface area contributed by atoms with E-state index in [1.807, 2.05) is 78.9 Å². The van der Waals surface area contributed by atoms with Gasteiger partial charge < -0.3 is 8.98 Å². The molecule has 2 nitrogen and oxygen atoms in total.